The number of rotatable bonds is 3. The third kappa shape index (κ3) is 3.21. The Hall–Kier alpha value is -2.37. The molecule has 4 rings (SSSR count). The van der Waals surface area contributed by atoms with Gasteiger partial charge >= 0.3 is 0 Å². The number of hydrogen-bond donors (Lipinski definition) is 0. The van der Waals surface area contributed by atoms with Crippen LogP contribution in [0.25, 0.3) is 0 Å². The van der Waals surface area contributed by atoms with Gasteiger partial charge in [-0.15, -0.1) is 0 Å². The molecule has 6 nitrogen and oxygen atoms in total. The molecular formula is C24H33N3O3. The van der Waals surface area contributed by atoms with Crippen molar-refractivity contribution in [2.45, 2.75) is 46.0 Å². The first-order valence-electron chi connectivity index (χ1n) is 11.2. The van der Waals surface area contributed by atoms with E-state index >= 15 is 0 Å². The fourth-order valence-corrected chi connectivity index (χ4v) is 5.92. The van der Waals surface area contributed by atoms with Crippen LogP contribution in [0.3, 0.4) is 0 Å². The summed E-state index contributed by atoms with van der Waals surface area (Å²) < 4.78 is 0. The topological polar surface area (TPSA) is 60.9 Å². The minimum atomic E-state index is -0.482. The molecule has 1 aromatic rings. The number of nitrogens with zero attached hydrogens (tertiary/aromatic N) is 3. The highest BCUT2D eigenvalue weighted by Gasteiger charge is 2.65. The second-order valence-corrected chi connectivity index (χ2v) is 9.45. The maximum absolute atomic E-state index is 13.2. The number of hydrogen-bond acceptors (Lipinski definition) is 3. The van der Waals surface area contributed by atoms with E-state index in [9.17, 15) is 14.4 Å². The van der Waals surface area contributed by atoms with Gasteiger partial charge in [0.1, 0.15) is 0 Å². The summed E-state index contributed by atoms with van der Waals surface area (Å²) in [5.41, 5.74) is 1.29. The minimum absolute atomic E-state index is 0.0410. The van der Waals surface area contributed by atoms with E-state index in [1.54, 1.807) is 6.92 Å². The van der Waals surface area contributed by atoms with Crippen molar-refractivity contribution in [3.8, 4) is 0 Å². The van der Waals surface area contributed by atoms with Crippen LogP contribution in [0.5, 0.6) is 0 Å². The van der Waals surface area contributed by atoms with Crippen molar-refractivity contribution in [1.82, 2.24) is 14.7 Å². The molecule has 0 N–H and O–H groups in total. The Morgan fingerprint density at radius 2 is 1.63 bits per heavy atom. The van der Waals surface area contributed by atoms with E-state index in [0.29, 0.717) is 26.2 Å². The normalized spacial score (nSPS) is 25.6. The predicted octanol–water partition coefficient (Wildman–Crippen LogP) is 2.57. The molecule has 0 unspecified atom stereocenters. The van der Waals surface area contributed by atoms with E-state index in [1.807, 2.05) is 46.0 Å². The highest BCUT2D eigenvalue weighted by Crippen LogP contribution is 2.57. The van der Waals surface area contributed by atoms with Crippen LogP contribution in [0.4, 0.5) is 0 Å². The molecule has 3 saturated heterocycles. The standard InChI is InChI=1S/C24H33N3O3/c1-4-5-19-6-8-20(9-7-19)21(29)26-14-10-23(11-15-26)16-27(18(2)28)17-24(23)12-13-25(3)22(24)30/h6-9H,4-5,10-17H2,1-3H3/t24-/m1/s1. The zero-order chi connectivity index (χ0) is 21.5. The van der Waals surface area contributed by atoms with Crippen LogP contribution in [0.2, 0.25) is 0 Å². The molecule has 3 aliphatic heterocycles. The van der Waals surface area contributed by atoms with Crippen LogP contribution >= 0.6 is 0 Å². The summed E-state index contributed by atoms with van der Waals surface area (Å²) >= 11 is 0. The van der Waals surface area contributed by atoms with Crippen LogP contribution in [-0.4, -0.2) is 72.2 Å². The molecule has 0 bridgehead atoms. The van der Waals surface area contributed by atoms with Gasteiger partial charge in [0.15, 0.2) is 0 Å². The molecule has 3 fully saturated rings. The highest BCUT2D eigenvalue weighted by atomic mass is 16.2. The number of carbonyl (C=O) groups is 3. The molecule has 1 atom stereocenters. The lowest BCUT2D eigenvalue weighted by Crippen LogP contribution is -2.53. The highest BCUT2D eigenvalue weighted by molar-refractivity contribution is 5.94. The van der Waals surface area contributed by atoms with Crippen molar-refractivity contribution in [3.63, 3.8) is 0 Å². The Kier molecular flexibility index (Phi) is 5.37. The summed E-state index contributed by atoms with van der Waals surface area (Å²) in [6.07, 6.45) is 4.47. The van der Waals surface area contributed by atoms with Crippen molar-refractivity contribution in [2.75, 3.05) is 39.8 Å². The smallest absolute Gasteiger partial charge is 0.253 e. The Balaban J connectivity index is 1.51. The number of carbonyl (C=O) groups excluding carboxylic acids is 3. The number of likely N-dealkylation sites (tertiary alicyclic amines) is 3. The Labute approximate surface area is 179 Å². The molecule has 30 heavy (non-hydrogen) atoms. The fraction of sp³-hybridized carbons (Fsp3) is 0.625. The molecule has 2 spiro atoms. The van der Waals surface area contributed by atoms with E-state index in [4.69, 9.17) is 0 Å². The third-order valence-electron chi connectivity index (χ3n) is 7.79. The lowest BCUT2D eigenvalue weighted by atomic mass is 9.60. The molecule has 0 aromatic heterocycles. The second-order valence-electron chi connectivity index (χ2n) is 9.45. The average Bonchev–Trinajstić information content (AvgIpc) is 3.22. The lowest BCUT2D eigenvalue weighted by molar-refractivity contribution is -0.141. The van der Waals surface area contributed by atoms with Crippen molar-refractivity contribution in [2.24, 2.45) is 10.8 Å². The summed E-state index contributed by atoms with van der Waals surface area (Å²) in [4.78, 5) is 44.0. The first-order valence-corrected chi connectivity index (χ1v) is 11.2. The van der Waals surface area contributed by atoms with Crippen molar-refractivity contribution < 1.29 is 14.4 Å². The van der Waals surface area contributed by atoms with E-state index in [1.165, 1.54) is 5.56 Å². The van der Waals surface area contributed by atoms with Gasteiger partial charge in [-0.3, -0.25) is 14.4 Å². The van der Waals surface area contributed by atoms with Gasteiger partial charge in [0.2, 0.25) is 11.8 Å². The van der Waals surface area contributed by atoms with Gasteiger partial charge in [-0.2, -0.15) is 0 Å². The summed E-state index contributed by atoms with van der Waals surface area (Å²) in [6.45, 7) is 6.93. The molecule has 3 heterocycles. The van der Waals surface area contributed by atoms with E-state index in [0.717, 1.165) is 44.2 Å². The second kappa shape index (κ2) is 7.71. The van der Waals surface area contributed by atoms with Crippen LogP contribution < -0.4 is 0 Å². The molecular weight excluding hydrogens is 378 g/mol. The van der Waals surface area contributed by atoms with Gasteiger partial charge < -0.3 is 14.7 Å². The first kappa shape index (κ1) is 20.9. The van der Waals surface area contributed by atoms with Crippen LogP contribution in [-0.2, 0) is 16.0 Å². The van der Waals surface area contributed by atoms with Crippen molar-refractivity contribution in [3.05, 3.63) is 35.4 Å². The predicted molar refractivity (Wildman–Crippen MR) is 115 cm³/mol. The zero-order valence-electron chi connectivity index (χ0n) is 18.4. The van der Waals surface area contributed by atoms with E-state index < -0.39 is 5.41 Å². The summed E-state index contributed by atoms with van der Waals surface area (Å²) in [5.74, 6) is 0.287. The molecule has 162 valence electrons. The first-order chi connectivity index (χ1) is 14.3. The summed E-state index contributed by atoms with van der Waals surface area (Å²) in [6, 6.07) is 7.96. The maximum atomic E-state index is 13.2. The number of aryl methyl sites for hydroxylation is 1. The molecule has 0 aliphatic carbocycles. The van der Waals surface area contributed by atoms with Crippen molar-refractivity contribution in [1.29, 1.82) is 0 Å². The quantitative estimate of drug-likeness (QED) is 0.768. The molecule has 1 aromatic carbocycles. The number of amides is 3. The molecule has 6 heteroatoms. The van der Waals surface area contributed by atoms with Gasteiger partial charge in [-0.1, -0.05) is 25.5 Å². The van der Waals surface area contributed by atoms with Crippen LogP contribution in [0.15, 0.2) is 24.3 Å². The monoisotopic (exact) mass is 411 g/mol. The zero-order valence-corrected chi connectivity index (χ0v) is 18.4. The Morgan fingerprint density at radius 1 is 0.967 bits per heavy atom. The number of benzene rings is 1. The molecule has 3 aliphatic rings. The maximum Gasteiger partial charge on any atom is 0.253 e. The largest absolute Gasteiger partial charge is 0.345 e. The summed E-state index contributed by atoms with van der Waals surface area (Å²) in [7, 11) is 1.86. The lowest BCUT2D eigenvalue weighted by Gasteiger charge is -2.46. The number of piperidine rings is 1. The molecule has 0 saturated carbocycles. The van der Waals surface area contributed by atoms with Crippen LogP contribution in [0, 0.1) is 10.8 Å². The fourth-order valence-electron chi connectivity index (χ4n) is 5.92. The Bertz CT molecular complexity index is 842. The third-order valence-corrected chi connectivity index (χ3v) is 7.79. The van der Waals surface area contributed by atoms with Crippen molar-refractivity contribution >= 4 is 17.7 Å². The Morgan fingerprint density at radius 3 is 2.17 bits per heavy atom. The van der Waals surface area contributed by atoms with E-state index in [-0.39, 0.29) is 23.1 Å². The summed E-state index contributed by atoms with van der Waals surface area (Å²) in [5, 5.41) is 0. The van der Waals surface area contributed by atoms with Gasteiger partial charge in [0.25, 0.3) is 5.91 Å². The van der Waals surface area contributed by atoms with E-state index in [2.05, 4.69) is 6.92 Å². The average molecular weight is 412 g/mol. The van der Waals surface area contributed by atoms with Gasteiger partial charge in [-0.05, 0) is 43.4 Å². The molecule has 0 radical (unpaired) electrons. The number of fused-ring (bicyclic) bond motifs is 1. The minimum Gasteiger partial charge on any atom is -0.345 e. The SMILES string of the molecule is CCCc1ccc(C(=O)N2CCC3(CC2)CN(C(C)=O)C[C@@]32CCN(C)C2=O)cc1. The van der Waals surface area contributed by atoms with Crippen LogP contribution in [0.1, 0.15) is 55.5 Å². The van der Waals surface area contributed by atoms with Gasteiger partial charge in [-0.25, -0.2) is 0 Å². The van der Waals surface area contributed by atoms with Gasteiger partial charge in [0, 0.05) is 57.7 Å². The molecule has 3 amide bonds. The van der Waals surface area contributed by atoms with Gasteiger partial charge in [0.05, 0.1) is 5.41 Å².